The molecular weight excluding hydrogens is 376 g/mol. The molecule has 0 fully saturated rings. The fraction of sp³-hybridized carbons (Fsp3) is 0.238. The van der Waals surface area contributed by atoms with Crippen LogP contribution in [0, 0.1) is 0 Å². The van der Waals surface area contributed by atoms with Crippen LogP contribution < -0.4 is 10.6 Å². The van der Waals surface area contributed by atoms with Gasteiger partial charge in [-0.1, -0.05) is 29.8 Å². The Morgan fingerprint density at radius 2 is 1.75 bits per heavy atom. The maximum atomic E-state index is 12.3. The number of aromatic nitrogens is 1. The molecule has 146 valence electrons. The molecule has 2 N–H and O–H groups in total. The zero-order valence-corrected chi connectivity index (χ0v) is 16.8. The van der Waals surface area contributed by atoms with Crippen molar-refractivity contribution < 1.29 is 9.59 Å². The Morgan fingerprint density at radius 3 is 2.43 bits per heavy atom. The second-order valence-corrected chi connectivity index (χ2v) is 7.30. The number of halogens is 1. The van der Waals surface area contributed by atoms with Crippen molar-refractivity contribution >= 4 is 40.0 Å². The Labute approximate surface area is 169 Å². The average Bonchev–Trinajstić information content (AvgIpc) is 3.00. The standard InChI is InChI=1S/C21H23ClN4O2/c1-25(2)19(17-13-26(3)18-7-5-4-6-16(17)18)12-23-20(27)21(28)24-15-10-8-14(22)9-11-15/h4-11,13,19H,12H2,1-3H3,(H,23,27)(H,24,28). The van der Waals surface area contributed by atoms with E-state index in [2.05, 4.69) is 33.5 Å². The molecule has 0 aliphatic heterocycles. The number of aryl methyl sites for hydroxylation is 1. The average molecular weight is 399 g/mol. The first-order chi connectivity index (χ1) is 13.4. The molecule has 0 bridgehead atoms. The molecule has 3 aromatic rings. The molecule has 0 spiro atoms. The summed E-state index contributed by atoms with van der Waals surface area (Å²) >= 11 is 5.83. The smallest absolute Gasteiger partial charge is 0.313 e. The number of fused-ring (bicyclic) bond motifs is 1. The number of benzene rings is 2. The van der Waals surface area contributed by atoms with Crippen LogP contribution in [0.3, 0.4) is 0 Å². The van der Waals surface area contributed by atoms with E-state index in [1.807, 2.05) is 38.2 Å². The van der Waals surface area contributed by atoms with Crippen molar-refractivity contribution in [3.63, 3.8) is 0 Å². The number of nitrogens with one attached hydrogen (secondary N) is 2. The van der Waals surface area contributed by atoms with E-state index in [-0.39, 0.29) is 6.04 Å². The van der Waals surface area contributed by atoms with Crippen molar-refractivity contribution in [3.8, 4) is 0 Å². The fourth-order valence-electron chi connectivity index (χ4n) is 3.20. The molecule has 3 rings (SSSR count). The first-order valence-electron chi connectivity index (χ1n) is 8.92. The third-order valence-electron chi connectivity index (χ3n) is 4.67. The largest absolute Gasteiger partial charge is 0.350 e. The van der Waals surface area contributed by atoms with Crippen LogP contribution >= 0.6 is 11.6 Å². The Bertz CT molecular complexity index is 995. The van der Waals surface area contributed by atoms with Crippen molar-refractivity contribution in [2.45, 2.75) is 6.04 Å². The van der Waals surface area contributed by atoms with E-state index in [0.717, 1.165) is 16.5 Å². The van der Waals surface area contributed by atoms with Gasteiger partial charge in [-0.05, 0) is 50.0 Å². The molecule has 0 radical (unpaired) electrons. The highest BCUT2D eigenvalue weighted by Crippen LogP contribution is 2.28. The summed E-state index contributed by atoms with van der Waals surface area (Å²) in [6.45, 7) is 0.313. The lowest BCUT2D eigenvalue weighted by molar-refractivity contribution is -0.136. The number of carbonyl (C=O) groups is 2. The summed E-state index contributed by atoms with van der Waals surface area (Å²) in [6.07, 6.45) is 2.06. The van der Waals surface area contributed by atoms with E-state index in [4.69, 9.17) is 11.6 Å². The topological polar surface area (TPSA) is 66.4 Å². The van der Waals surface area contributed by atoms with Crippen LogP contribution in [0.4, 0.5) is 5.69 Å². The molecule has 1 unspecified atom stereocenters. The van der Waals surface area contributed by atoms with Gasteiger partial charge in [0.2, 0.25) is 0 Å². The first-order valence-corrected chi connectivity index (χ1v) is 9.29. The summed E-state index contributed by atoms with van der Waals surface area (Å²) in [5, 5.41) is 7.00. The van der Waals surface area contributed by atoms with E-state index >= 15 is 0 Å². The van der Waals surface area contributed by atoms with E-state index in [9.17, 15) is 9.59 Å². The molecule has 6 nitrogen and oxygen atoms in total. The normalized spacial score (nSPS) is 12.2. The highest BCUT2D eigenvalue weighted by Gasteiger charge is 2.22. The highest BCUT2D eigenvalue weighted by molar-refractivity contribution is 6.39. The van der Waals surface area contributed by atoms with Gasteiger partial charge in [-0.3, -0.25) is 9.59 Å². The molecule has 0 saturated heterocycles. The summed E-state index contributed by atoms with van der Waals surface area (Å²) < 4.78 is 2.07. The first kappa shape index (κ1) is 19.9. The lowest BCUT2D eigenvalue weighted by Crippen LogP contribution is -2.40. The van der Waals surface area contributed by atoms with Gasteiger partial charge in [-0.25, -0.2) is 0 Å². The highest BCUT2D eigenvalue weighted by atomic mass is 35.5. The SMILES string of the molecule is CN(C)C(CNC(=O)C(=O)Nc1ccc(Cl)cc1)c1cn(C)c2ccccc12. The second kappa shape index (κ2) is 8.46. The lowest BCUT2D eigenvalue weighted by Gasteiger charge is -2.24. The van der Waals surface area contributed by atoms with Crippen molar-refractivity contribution in [1.82, 2.24) is 14.8 Å². The molecular formula is C21H23ClN4O2. The second-order valence-electron chi connectivity index (χ2n) is 6.86. The minimum atomic E-state index is -0.710. The van der Waals surface area contributed by atoms with E-state index in [0.29, 0.717) is 17.3 Å². The van der Waals surface area contributed by atoms with Gasteiger partial charge >= 0.3 is 11.8 Å². The molecule has 0 aliphatic rings. The number of para-hydroxylation sites is 1. The molecule has 1 heterocycles. The number of rotatable bonds is 5. The molecule has 2 amide bonds. The Kier molecular flexibility index (Phi) is 6.02. The Hall–Kier alpha value is -2.83. The van der Waals surface area contributed by atoms with Crippen LogP contribution in [0.5, 0.6) is 0 Å². The van der Waals surface area contributed by atoms with Crippen molar-refractivity contribution in [3.05, 3.63) is 65.3 Å². The quantitative estimate of drug-likeness (QED) is 0.648. The van der Waals surface area contributed by atoms with Crippen LogP contribution in [0.2, 0.25) is 5.02 Å². The molecule has 0 aliphatic carbocycles. The van der Waals surface area contributed by atoms with Gasteiger partial charge in [-0.15, -0.1) is 0 Å². The third kappa shape index (κ3) is 4.35. The van der Waals surface area contributed by atoms with Gasteiger partial charge in [0, 0.05) is 41.4 Å². The van der Waals surface area contributed by atoms with Crippen LogP contribution in [0.15, 0.2) is 54.7 Å². The maximum Gasteiger partial charge on any atom is 0.313 e. The van der Waals surface area contributed by atoms with Crippen LogP contribution in [0.1, 0.15) is 11.6 Å². The summed E-state index contributed by atoms with van der Waals surface area (Å²) in [7, 11) is 5.90. The van der Waals surface area contributed by atoms with E-state index in [1.54, 1.807) is 24.3 Å². The van der Waals surface area contributed by atoms with Gasteiger partial charge in [0.1, 0.15) is 0 Å². The third-order valence-corrected chi connectivity index (χ3v) is 4.93. The monoisotopic (exact) mass is 398 g/mol. The Morgan fingerprint density at radius 1 is 1.07 bits per heavy atom. The summed E-state index contributed by atoms with van der Waals surface area (Å²) in [4.78, 5) is 26.5. The number of nitrogens with zero attached hydrogens (tertiary/aromatic N) is 2. The fourth-order valence-corrected chi connectivity index (χ4v) is 3.33. The van der Waals surface area contributed by atoms with Crippen molar-refractivity contribution in [2.75, 3.05) is 26.0 Å². The zero-order chi connectivity index (χ0) is 20.3. The number of hydrogen-bond donors (Lipinski definition) is 2. The predicted molar refractivity (Wildman–Crippen MR) is 112 cm³/mol. The summed E-state index contributed by atoms with van der Waals surface area (Å²) in [5.74, 6) is -1.39. The number of likely N-dealkylation sites (N-methyl/N-ethyl adjacent to an activating group) is 1. The summed E-state index contributed by atoms with van der Waals surface area (Å²) in [6, 6.07) is 14.6. The van der Waals surface area contributed by atoms with E-state index in [1.165, 1.54) is 0 Å². The molecule has 2 aromatic carbocycles. The van der Waals surface area contributed by atoms with Crippen LogP contribution in [-0.2, 0) is 16.6 Å². The van der Waals surface area contributed by atoms with Gasteiger partial charge in [-0.2, -0.15) is 0 Å². The maximum absolute atomic E-state index is 12.3. The molecule has 0 saturated carbocycles. The number of carbonyl (C=O) groups excluding carboxylic acids is 2. The summed E-state index contributed by atoms with van der Waals surface area (Å²) in [5.41, 5.74) is 2.74. The molecule has 28 heavy (non-hydrogen) atoms. The van der Waals surface area contributed by atoms with Crippen molar-refractivity contribution in [2.24, 2.45) is 7.05 Å². The van der Waals surface area contributed by atoms with Crippen LogP contribution in [0.25, 0.3) is 10.9 Å². The van der Waals surface area contributed by atoms with Crippen molar-refractivity contribution in [1.29, 1.82) is 0 Å². The van der Waals surface area contributed by atoms with Gasteiger partial charge in [0.15, 0.2) is 0 Å². The minimum absolute atomic E-state index is 0.0709. The van der Waals surface area contributed by atoms with Gasteiger partial charge < -0.3 is 20.1 Å². The minimum Gasteiger partial charge on any atom is -0.350 e. The molecule has 1 aromatic heterocycles. The van der Waals surface area contributed by atoms with E-state index < -0.39 is 11.8 Å². The lowest BCUT2D eigenvalue weighted by atomic mass is 10.0. The zero-order valence-electron chi connectivity index (χ0n) is 16.1. The molecule has 7 heteroatoms. The molecule has 1 atom stereocenters. The number of hydrogen-bond acceptors (Lipinski definition) is 3. The number of anilines is 1. The Balaban J connectivity index is 1.70. The number of amides is 2. The predicted octanol–water partition coefficient (Wildman–Crippen LogP) is 3.19. The van der Waals surface area contributed by atoms with Gasteiger partial charge in [0.05, 0.1) is 6.04 Å². The van der Waals surface area contributed by atoms with Gasteiger partial charge in [0.25, 0.3) is 0 Å². The van der Waals surface area contributed by atoms with Crippen LogP contribution in [-0.4, -0.2) is 41.9 Å².